The summed E-state index contributed by atoms with van der Waals surface area (Å²) in [7, 11) is 1.65. The molecule has 0 amide bonds. The molecule has 0 N–H and O–H groups in total. The van der Waals surface area contributed by atoms with E-state index in [2.05, 4.69) is 67.6 Å². The highest BCUT2D eigenvalue weighted by atomic mass is 16.5. The van der Waals surface area contributed by atoms with Gasteiger partial charge in [-0.25, -0.2) is 4.98 Å². The van der Waals surface area contributed by atoms with Crippen molar-refractivity contribution in [1.29, 1.82) is 5.26 Å². The first kappa shape index (κ1) is 20.6. The molecule has 0 aliphatic carbocycles. The van der Waals surface area contributed by atoms with Crippen LogP contribution in [0.1, 0.15) is 30.5 Å². The zero-order valence-electron chi connectivity index (χ0n) is 18.2. The van der Waals surface area contributed by atoms with Crippen molar-refractivity contribution in [2.75, 3.05) is 7.11 Å². The largest absolute Gasteiger partial charge is 0.481 e. The molecule has 154 valence electrons. The molecule has 1 unspecified atom stereocenters. The van der Waals surface area contributed by atoms with Crippen LogP contribution in [0.25, 0.3) is 22.0 Å². The summed E-state index contributed by atoms with van der Waals surface area (Å²) in [5, 5.41) is 11.2. The molecule has 3 heteroatoms. The molecule has 3 nitrogen and oxygen atoms in total. The van der Waals surface area contributed by atoms with E-state index in [1.54, 1.807) is 7.11 Å². The van der Waals surface area contributed by atoms with Crippen molar-refractivity contribution in [2.45, 2.75) is 32.1 Å². The number of benzene rings is 3. The fourth-order valence-electron chi connectivity index (χ4n) is 4.07. The smallest absolute Gasteiger partial charge is 0.216 e. The third kappa shape index (κ3) is 4.15. The number of nitrogens with zero attached hydrogens (tertiary/aromatic N) is 2. The molecule has 0 aliphatic heterocycles. The SMILES string of the molecule is CCc1cc2ccc(C(C)(C#N)Cc3cccc(-c4ccccc4)c3)cc2nc1OC. The molecule has 4 rings (SSSR count). The predicted octanol–water partition coefficient (Wildman–Crippen LogP) is 6.50. The summed E-state index contributed by atoms with van der Waals surface area (Å²) >= 11 is 0. The Morgan fingerprint density at radius 2 is 1.71 bits per heavy atom. The van der Waals surface area contributed by atoms with E-state index in [-0.39, 0.29) is 0 Å². The van der Waals surface area contributed by atoms with Gasteiger partial charge >= 0.3 is 0 Å². The quantitative estimate of drug-likeness (QED) is 0.367. The van der Waals surface area contributed by atoms with Crippen molar-refractivity contribution in [3.63, 3.8) is 0 Å². The molecular formula is C28H26N2O. The average molecular weight is 407 g/mol. The molecule has 0 saturated heterocycles. The van der Waals surface area contributed by atoms with Gasteiger partial charge in [0.25, 0.3) is 0 Å². The van der Waals surface area contributed by atoms with Crippen LogP contribution in [0.15, 0.2) is 78.9 Å². The predicted molar refractivity (Wildman–Crippen MR) is 126 cm³/mol. The van der Waals surface area contributed by atoms with Crippen molar-refractivity contribution >= 4 is 10.9 Å². The van der Waals surface area contributed by atoms with Gasteiger partial charge in [0.1, 0.15) is 0 Å². The zero-order chi connectivity index (χ0) is 21.8. The number of pyridine rings is 1. The highest BCUT2D eigenvalue weighted by Gasteiger charge is 2.27. The van der Waals surface area contributed by atoms with Gasteiger partial charge in [-0.2, -0.15) is 5.26 Å². The number of nitriles is 1. The number of hydrogen-bond acceptors (Lipinski definition) is 3. The Kier molecular flexibility index (Phi) is 5.73. The molecule has 0 radical (unpaired) electrons. The molecule has 0 aliphatic rings. The number of rotatable bonds is 6. The minimum atomic E-state index is -0.665. The number of methoxy groups -OCH3 is 1. The van der Waals surface area contributed by atoms with Gasteiger partial charge in [0.05, 0.1) is 24.1 Å². The first-order valence-corrected chi connectivity index (χ1v) is 10.6. The third-order valence-corrected chi connectivity index (χ3v) is 5.91. The van der Waals surface area contributed by atoms with Crippen LogP contribution in [-0.2, 0) is 18.3 Å². The molecule has 1 atom stereocenters. The lowest BCUT2D eigenvalue weighted by atomic mass is 9.78. The van der Waals surface area contributed by atoms with E-state index in [1.807, 2.05) is 31.2 Å². The van der Waals surface area contributed by atoms with Gasteiger partial charge in [0.2, 0.25) is 5.88 Å². The van der Waals surface area contributed by atoms with Gasteiger partial charge in [-0.15, -0.1) is 0 Å². The van der Waals surface area contributed by atoms with E-state index in [9.17, 15) is 5.26 Å². The van der Waals surface area contributed by atoms with Gasteiger partial charge in [-0.1, -0.05) is 73.7 Å². The Balaban J connectivity index is 1.71. The highest BCUT2D eigenvalue weighted by Crippen LogP contribution is 2.32. The van der Waals surface area contributed by atoms with Crippen molar-refractivity contribution in [1.82, 2.24) is 4.98 Å². The number of hydrogen-bond donors (Lipinski definition) is 0. The Hall–Kier alpha value is -3.64. The lowest BCUT2D eigenvalue weighted by molar-refractivity contribution is 0.395. The van der Waals surface area contributed by atoms with Crippen LogP contribution < -0.4 is 4.74 Å². The molecule has 0 fully saturated rings. The van der Waals surface area contributed by atoms with Gasteiger partial charge in [0, 0.05) is 10.9 Å². The number of aromatic nitrogens is 1. The lowest BCUT2D eigenvalue weighted by Crippen LogP contribution is -2.23. The van der Waals surface area contributed by atoms with Crippen LogP contribution in [-0.4, -0.2) is 12.1 Å². The first-order chi connectivity index (χ1) is 15.1. The van der Waals surface area contributed by atoms with E-state index >= 15 is 0 Å². The van der Waals surface area contributed by atoms with Crippen molar-refractivity contribution < 1.29 is 4.74 Å². The maximum absolute atomic E-state index is 10.1. The summed E-state index contributed by atoms with van der Waals surface area (Å²) in [6.45, 7) is 4.09. The third-order valence-electron chi connectivity index (χ3n) is 5.91. The van der Waals surface area contributed by atoms with E-state index in [1.165, 1.54) is 5.56 Å². The monoisotopic (exact) mass is 406 g/mol. The Bertz CT molecular complexity index is 1260. The van der Waals surface area contributed by atoms with E-state index in [0.717, 1.165) is 39.6 Å². The fourth-order valence-corrected chi connectivity index (χ4v) is 4.07. The second kappa shape index (κ2) is 8.62. The van der Waals surface area contributed by atoms with E-state index in [4.69, 9.17) is 9.72 Å². The van der Waals surface area contributed by atoms with Gasteiger partial charge in [-0.05, 0) is 54.2 Å². The Labute approximate surface area is 184 Å². The second-order valence-corrected chi connectivity index (χ2v) is 8.10. The fraction of sp³-hybridized carbons (Fsp3) is 0.214. The van der Waals surface area contributed by atoms with Crippen LogP contribution in [0.5, 0.6) is 5.88 Å². The maximum Gasteiger partial charge on any atom is 0.216 e. The molecular weight excluding hydrogens is 380 g/mol. The molecule has 31 heavy (non-hydrogen) atoms. The van der Waals surface area contributed by atoms with Crippen LogP contribution in [0.4, 0.5) is 0 Å². The molecule has 0 bridgehead atoms. The van der Waals surface area contributed by atoms with Crippen LogP contribution >= 0.6 is 0 Å². The summed E-state index contributed by atoms with van der Waals surface area (Å²) in [4.78, 5) is 4.70. The van der Waals surface area contributed by atoms with Crippen molar-refractivity contribution in [2.24, 2.45) is 0 Å². The summed E-state index contributed by atoms with van der Waals surface area (Å²) < 4.78 is 5.47. The minimum absolute atomic E-state index is 0.625. The number of aryl methyl sites for hydroxylation is 1. The maximum atomic E-state index is 10.1. The first-order valence-electron chi connectivity index (χ1n) is 10.6. The molecule has 1 heterocycles. The molecule has 0 saturated carbocycles. The highest BCUT2D eigenvalue weighted by molar-refractivity contribution is 5.81. The second-order valence-electron chi connectivity index (χ2n) is 8.10. The number of ether oxygens (including phenoxy) is 1. The minimum Gasteiger partial charge on any atom is -0.481 e. The Morgan fingerprint density at radius 3 is 2.42 bits per heavy atom. The van der Waals surface area contributed by atoms with Crippen molar-refractivity contribution in [3.8, 4) is 23.1 Å². The summed E-state index contributed by atoms with van der Waals surface area (Å²) in [6.07, 6.45) is 1.49. The Morgan fingerprint density at radius 1 is 0.935 bits per heavy atom. The van der Waals surface area contributed by atoms with E-state index in [0.29, 0.717) is 12.3 Å². The molecule has 0 spiro atoms. The van der Waals surface area contributed by atoms with Crippen LogP contribution in [0.3, 0.4) is 0 Å². The van der Waals surface area contributed by atoms with Crippen LogP contribution in [0.2, 0.25) is 0 Å². The topological polar surface area (TPSA) is 45.9 Å². The van der Waals surface area contributed by atoms with E-state index < -0.39 is 5.41 Å². The summed E-state index contributed by atoms with van der Waals surface area (Å²) in [5.41, 5.74) is 5.72. The van der Waals surface area contributed by atoms with Crippen LogP contribution in [0, 0.1) is 11.3 Å². The average Bonchev–Trinajstić information content (AvgIpc) is 2.83. The standard InChI is InChI=1S/C28H26N2O/c1-4-21-16-24-13-14-25(17-26(24)30-27(21)31-3)28(2,19-29)18-20-9-8-12-23(15-20)22-10-6-5-7-11-22/h5-17H,4,18H2,1-3H3. The molecule has 1 aromatic heterocycles. The summed E-state index contributed by atoms with van der Waals surface area (Å²) in [5.74, 6) is 0.654. The van der Waals surface area contributed by atoms with Gasteiger partial charge in [-0.3, -0.25) is 0 Å². The lowest BCUT2D eigenvalue weighted by Gasteiger charge is -2.23. The number of fused-ring (bicyclic) bond motifs is 1. The molecule has 3 aromatic carbocycles. The normalized spacial score (nSPS) is 12.8. The summed E-state index contributed by atoms with van der Waals surface area (Å²) in [6, 6.07) is 29.6. The molecule has 4 aromatic rings. The van der Waals surface area contributed by atoms with Gasteiger partial charge < -0.3 is 4.74 Å². The van der Waals surface area contributed by atoms with Gasteiger partial charge in [0.15, 0.2) is 0 Å². The van der Waals surface area contributed by atoms with Crippen molar-refractivity contribution in [3.05, 3.63) is 95.6 Å². The zero-order valence-corrected chi connectivity index (χ0v) is 18.2.